The second-order valence-corrected chi connectivity index (χ2v) is 9.03. The minimum Gasteiger partial charge on any atom is -0.504 e. The summed E-state index contributed by atoms with van der Waals surface area (Å²) in [5.41, 5.74) is 0.630. The summed E-state index contributed by atoms with van der Waals surface area (Å²) in [5.74, 6) is 0.0254. The van der Waals surface area contributed by atoms with Crippen molar-refractivity contribution in [3.63, 3.8) is 0 Å². The molecule has 0 aliphatic rings. The minimum absolute atomic E-state index is 0.196. The van der Waals surface area contributed by atoms with E-state index in [-0.39, 0.29) is 23.0 Å². The Kier molecular flexibility index (Phi) is 6.90. The summed E-state index contributed by atoms with van der Waals surface area (Å²) in [4.78, 5) is 0. The van der Waals surface area contributed by atoms with Gasteiger partial charge in [-0.2, -0.15) is 0 Å². The largest absolute Gasteiger partial charge is 0.504 e. The van der Waals surface area contributed by atoms with E-state index in [2.05, 4.69) is 0 Å². The highest BCUT2D eigenvalue weighted by molar-refractivity contribution is 8.07. The zero-order valence-electron chi connectivity index (χ0n) is 15.4. The number of nitrogens with one attached hydrogen (secondary N) is 1. The van der Waals surface area contributed by atoms with E-state index in [0.717, 1.165) is 12.2 Å². The van der Waals surface area contributed by atoms with Crippen molar-refractivity contribution >= 4 is 32.2 Å². The lowest BCUT2D eigenvalue weighted by atomic mass is 10.2. The van der Waals surface area contributed by atoms with E-state index in [9.17, 15) is 27.0 Å². The Hall–Kier alpha value is -3.02. The first-order valence-corrected chi connectivity index (χ1v) is 11.0. The first kappa shape index (κ1) is 22.3. The molecule has 3 N–H and O–H groups in total. The van der Waals surface area contributed by atoms with E-state index < -0.39 is 20.0 Å². The molecule has 0 amide bonds. The van der Waals surface area contributed by atoms with E-state index in [0.29, 0.717) is 21.9 Å². The lowest BCUT2D eigenvalue weighted by molar-refractivity contribution is 0.373. The number of hydrogen-bond donors (Lipinski definition) is 3. The third kappa shape index (κ3) is 6.52. The van der Waals surface area contributed by atoms with Crippen LogP contribution >= 0.6 is 0 Å². The van der Waals surface area contributed by atoms with Crippen LogP contribution in [0.25, 0.3) is 12.2 Å². The van der Waals surface area contributed by atoms with E-state index in [1.807, 2.05) is 0 Å². The van der Waals surface area contributed by atoms with Gasteiger partial charge in [-0.15, -0.1) is 4.13 Å². The molecule has 0 heterocycles. The predicted molar refractivity (Wildman–Crippen MR) is 108 cm³/mol. The molecule has 0 unspecified atom stereocenters. The highest BCUT2D eigenvalue weighted by Crippen LogP contribution is 2.27. The molecular formula is C18H19NO8S2. The van der Waals surface area contributed by atoms with Crippen molar-refractivity contribution in [1.82, 2.24) is 4.13 Å². The number of aromatic hydroxyl groups is 2. The Morgan fingerprint density at radius 2 is 1.14 bits per heavy atom. The molecule has 0 atom stereocenters. The van der Waals surface area contributed by atoms with Gasteiger partial charge in [-0.3, -0.25) is 0 Å². The molecule has 156 valence electrons. The summed E-state index contributed by atoms with van der Waals surface area (Å²) in [6, 6.07) is 8.34. The smallest absolute Gasteiger partial charge is 0.246 e. The van der Waals surface area contributed by atoms with Crippen LogP contribution in [0.4, 0.5) is 0 Å². The molecule has 9 nitrogen and oxygen atoms in total. The van der Waals surface area contributed by atoms with Crippen molar-refractivity contribution in [3.8, 4) is 23.0 Å². The monoisotopic (exact) mass is 441 g/mol. The summed E-state index contributed by atoms with van der Waals surface area (Å²) in [6.07, 6.45) is 2.23. The quantitative estimate of drug-likeness (QED) is 0.565. The molecule has 0 bridgehead atoms. The molecule has 0 fully saturated rings. The van der Waals surface area contributed by atoms with Crippen LogP contribution in [0.2, 0.25) is 0 Å². The Morgan fingerprint density at radius 3 is 1.45 bits per heavy atom. The van der Waals surface area contributed by atoms with Crippen molar-refractivity contribution < 1.29 is 36.5 Å². The van der Waals surface area contributed by atoms with Gasteiger partial charge in [0.2, 0.25) is 20.0 Å². The highest BCUT2D eigenvalue weighted by Gasteiger charge is 2.15. The van der Waals surface area contributed by atoms with Gasteiger partial charge in [0.1, 0.15) is 0 Å². The molecule has 2 aromatic carbocycles. The van der Waals surface area contributed by atoms with E-state index >= 15 is 0 Å². The lowest BCUT2D eigenvalue weighted by Gasteiger charge is -2.04. The number of ether oxygens (including phenoxy) is 2. The van der Waals surface area contributed by atoms with Crippen LogP contribution in [0.3, 0.4) is 0 Å². The SMILES string of the molecule is COc1ccc(C=CS(=O)(=O)NS(=O)(=O)C=Cc2ccc(OC)c(O)c2)cc1O. The van der Waals surface area contributed by atoms with Gasteiger partial charge in [0.15, 0.2) is 23.0 Å². The summed E-state index contributed by atoms with van der Waals surface area (Å²) >= 11 is 0. The molecule has 2 rings (SSSR count). The molecule has 0 saturated heterocycles. The van der Waals surface area contributed by atoms with E-state index in [4.69, 9.17) is 9.47 Å². The Balaban J connectivity index is 2.13. The molecule has 0 aromatic heterocycles. The number of benzene rings is 2. The van der Waals surface area contributed by atoms with Gasteiger partial charge in [-0.1, -0.05) is 12.1 Å². The molecule has 11 heteroatoms. The third-order valence-electron chi connectivity index (χ3n) is 3.52. The van der Waals surface area contributed by atoms with Gasteiger partial charge in [0.25, 0.3) is 0 Å². The zero-order chi connectivity index (χ0) is 21.7. The second kappa shape index (κ2) is 8.99. The number of rotatable bonds is 8. The molecule has 29 heavy (non-hydrogen) atoms. The molecule has 2 aromatic rings. The highest BCUT2D eigenvalue weighted by atomic mass is 32.3. The van der Waals surface area contributed by atoms with Crippen molar-refractivity contribution in [2.24, 2.45) is 0 Å². The zero-order valence-corrected chi connectivity index (χ0v) is 17.1. The van der Waals surface area contributed by atoms with Gasteiger partial charge < -0.3 is 19.7 Å². The van der Waals surface area contributed by atoms with Crippen LogP contribution in [0, 0.1) is 0 Å². The fourth-order valence-corrected chi connectivity index (χ4v) is 4.59. The van der Waals surface area contributed by atoms with Crippen molar-refractivity contribution in [1.29, 1.82) is 0 Å². The van der Waals surface area contributed by atoms with Gasteiger partial charge in [0, 0.05) is 10.8 Å². The predicted octanol–water partition coefficient (Wildman–Crippen LogP) is 2.01. The molecule has 0 saturated carbocycles. The first-order valence-electron chi connectivity index (χ1n) is 7.94. The first-order chi connectivity index (χ1) is 13.5. The summed E-state index contributed by atoms with van der Waals surface area (Å²) in [7, 11) is -5.95. The number of sulfonamides is 2. The number of phenols is 2. The summed E-state index contributed by atoms with van der Waals surface area (Å²) in [5, 5.41) is 20.7. The van der Waals surface area contributed by atoms with E-state index in [1.54, 1.807) is 4.13 Å². The Bertz CT molecular complexity index is 1060. The number of hydrogen-bond acceptors (Lipinski definition) is 8. The van der Waals surface area contributed by atoms with Crippen LogP contribution in [0.5, 0.6) is 23.0 Å². The number of phenolic OH excluding ortho intramolecular Hbond substituents is 2. The standard InChI is InChI=1S/C18H19NO8S2/c1-26-17-5-3-13(11-15(17)20)7-9-28(22,23)19-29(24,25)10-8-14-4-6-18(27-2)16(21)12-14/h3-12,19-21H,1-2H3. The van der Waals surface area contributed by atoms with Crippen LogP contribution in [-0.4, -0.2) is 41.3 Å². The van der Waals surface area contributed by atoms with Crippen LogP contribution in [0.1, 0.15) is 11.1 Å². The summed E-state index contributed by atoms with van der Waals surface area (Å²) in [6.45, 7) is 0. The summed E-state index contributed by atoms with van der Waals surface area (Å²) < 4.78 is 59.4. The van der Waals surface area contributed by atoms with Gasteiger partial charge in [-0.25, -0.2) is 16.8 Å². The molecule has 0 aliphatic heterocycles. The van der Waals surface area contributed by atoms with Crippen molar-refractivity contribution in [2.75, 3.05) is 14.2 Å². The molecule has 0 aliphatic carbocycles. The maximum Gasteiger partial charge on any atom is 0.246 e. The molecule has 0 radical (unpaired) electrons. The van der Waals surface area contributed by atoms with Gasteiger partial charge in [0.05, 0.1) is 14.2 Å². The topological polar surface area (TPSA) is 139 Å². The lowest BCUT2D eigenvalue weighted by Crippen LogP contribution is -2.26. The van der Waals surface area contributed by atoms with Gasteiger partial charge in [-0.05, 0) is 47.5 Å². The second-order valence-electron chi connectivity index (χ2n) is 5.64. The van der Waals surface area contributed by atoms with Crippen LogP contribution in [0.15, 0.2) is 47.2 Å². The molecule has 0 spiro atoms. The maximum atomic E-state index is 12.0. The van der Waals surface area contributed by atoms with Gasteiger partial charge >= 0.3 is 0 Å². The fourth-order valence-electron chi connectivity index (χ4n) is 2.18. The fraction of sp³-hybridized carbons (Fsp3) is 0.111. The average Bonchev–Trinajstić information content (AvgIpc) is 2.64. The van der Waals surface area contributed by atoms with Crippen LogP contribution < -0.4 is 13.6 Å². The van der Waals surface area contributed by atoms with Crippen molar-refractivity contribution in [3.05, 3.63) is 58.3 Å². The minimum atomic E-state index is -4.34. The number of methoxy groups -OCH3 is 2. The Labute approximate surface area is 168 Å². The maximum absolute atomic E-state index is 12.0. The van der Waals surface area contributed by atoms with Crippen LogP contribution in [-0.2, 0) is 20.0 Å². The van der Waals surface area contributed by atoms with Crippen molar-refractivity contribution in [2.45, 2.75) is 0 Å². The third-order valence-corrected chi connectivity index (χ3v) is 6.36. The molecular weight excluding hydrogens is 422 g/mol. The Morgan fingerprint density at radius 1 is 0.759 bits per heavy atom. The average molecular weight is 441 g/mol. The van der Waals surface area contributed by atoms with E-state index in [1.165, 1.54) is 50.6 Å². The normalized spacial score (nSPS) is 12.5.